The molecule has 3 rings (SSSR count). The summed E-state index contributed by atoms with van der Waals surface area (Å²) < 4.78 is 34.7. The maximum absolute atomic E-state index is 11.6. The molecule has 2 heterocycles. The van der Waals surface area contributed by atoms with E-state index >= 15 is 0 Å². The van der Waals surface area contributed by atoms with Crippen molar-refractivity contribution in [1.29, 1.82) is 0 Å². The van der Waals surface area contributed by atoms with Crippen molar-refractivity contribution in [3.63, 3.8) is 0 Å². The summed E-state index contributed by atoms with van der Waals surface area (Å²) in [5, 5.41) is 6.62. The molecule has 1 unspecified atom stereocenters. The molecule has 1 aromatic carbocycles. The van der Waals surface area contributed by atoms with Gasteiger partial charge in [-0.1, -0.05) is 12.1 Å². The standard InChI is InChI=1S/C21H34N4O4S.HI/c1-3-22-21(23-7-8-25-9-12-30(26,27)13-10-25)24-15-18-5-4-17(2)14-20(18)29-19-6-11-28-16-19;/h4-5,14,19H,3,6-13,15-16H2,1-2H3,(H2,22,23,24);1H. The van der Waals surface area contributed by atoms with E-state index in [-0.39, 0.29) is 41.6 Å². The van der Waals surface area contributed by atoms with E-state index in [0.717, 1.165) is 49.0 Å². The summed E-state index contributed by atoms with van der Waals surface area (Å²) in [4.78, 5) is 6.90. The Hall–Kier alpha value is -1.11. The van der Waals surface area contributed by atoms with Gasteiger partial charge in [-0.05, 0) is 25.5 Å². The lowest BCUT2D eigenvalue weighted by molar-refractivity contribution is 0.140. The summed E-state index contributed by atoms with van der Waals surface area (Å²) in [6.45, 7) is 9.48. The summed E-state index contributed by atoms with van der Waals surface area (Å²) in [6.07, 6.45) is 1.02. The van der Waals surface area contributed by atoms with E-state index in [4.69, 9.17) is 14.5 Å². The Kier molecular flexibility index (Phi) is 10.8. The minimum atomic E-state index is -2.84. The summed E-state index contributed by atoms with van der Waals surface area (Å²) in [5.74, 6) is 2.13. The first kappa shape index (κ1) is 26.1. The summed E-state index contributed by atoms with van der Waals surface area (Å²) in [5.41, 5.74) is 2.20. The van der Waals surface area contributed by atoms with Crippen LogP contribution in [0.4, 0.5) is 0 Å². The molecule has 1 aromatic rings. The van der Waals surface area contributed by atoms with Gasteiger partial charge in [0.15, 0.2) is 15.8 Å². The van der Waals surface area contributed by atoms with Gasteiger partial charge in [0.25, 0.3) is 0 Å². The van der Waals surface area contributed by atoms with Crippen LogP contribution < -0.4 is 15.4 Å². The van der Waals surface area contributed by atoms with Gasteiger partial charge in [0.2, 0.25) is 0 Å². The van der Waals surface area contributed by atoms with Crippen molar-refractivity contribution >= 4 is 39.8 Å². The first-order chi connectivity index (χ1) is 14.4. The largest absolute Gasteiger partial charge is 0.488 e. The summed E-state index contributed by atoms with van der Waals surface area (Å²) in [7, 11) is -2.84. The Morgan fingerprint density at radius 1 is 1.29 bits per heavy atom. The molecule has 2 fully saturated rings. The highest BCUT2D eigenvalue weighted by Gasteiger charge is 2.21. The van der Waals surface area contributed by atoms with Gasteiger partial charge >= 0.3 is 0 Å². The van der Waals surface area contributed by atoms with Gasteiger partial charge in [-0.25, -0.2) is 13.4 Å². The van der Waals surface area contributed by atoms with Crippen molar-refractivity contribution in [3.05, 3.63) is 29.3 Å². The van der Waals surface area contributed by atoms with Crippen molar-refractivity contribution in [2.75, 3.05) is 57.4 Å². The normalized spacial score (nSPS) is 21.4. The van der Waals surface area contributed by atoms with E-state index in [9.17, 15) is 8.42 Å². The highest BCUT2D eigenvalue weighted by atomic mass is 127. The third kappa shape index (κ3) is 8.74. The van der Waals surface area contributed by atoms with Crippen LogP contribution in [0, 0.1) is 6.92 Å². The molecule has 0 aliphatic carbocycles. The second-order valence-electron chi connectivity index (χ2n) is 7.83. The molecule has 2 aliphatic heterocycles. The van der Waals surface area contributed by atoms with Gasteiger partial charge in [-0.2, -0.15) is 0 Å². The van der Waals surface area contributed by atoms with Crippen LogP contribution in [0.3, 0.4) is 0 Å². The molecule has 2 saturated heterocycles. The Morgan fingerprint density at radius 3 is 2.74 bits per heavy atom. The zero-order valence-electron chi connectivity index (χ0n) is 18.4. The second kappa shape index (κ2) is 12.8. The lowest BCUT2D eigenvalue weighted by atomic mass is 10.1. The number of hydrogen-bond acceptors (Lipinski definition) is 6. The minimum Gasteiger partial charge on any atom is -0.488 e. The third-order valence-electron chi connectivity index (χ3n) is 5.31. The zero-order chi connectivity index (χ0) is 21.4. The summed E-state index contributed by atoms with van der Waals surface area (Å²) >= 11 is 0. The van der Waals surface area contributed by atoms with Crippen LogP contribution in [0.5, 0.6) is 5.75 Å². The van der Waals surface area contributed by atoms with Crippen LogP contribution >= 0.6 is 24.0 Å². The SMILES string of the molecule is CCNC(=NCc1ccc(C)cc1OC1CCOC1)NCCN1CCS(=O)(=O)CC1.I. The van der Waals surface area contributed by atoms with Gasteiger partial charge in [-0.15, -0.1) is 24.0 Å². The number of guanidine groups is 1. The molecule has 0 bridgehead atoms. The molecule has 0 saturated carbocycles. The Labute approximate surface area is 203 Å². The predicted molar refractivity (Wildman–Crippen MR) is 134 cm³/mol. The van der Waals surface area contributed by atoms with Crippen molar-refractivity contribution in [2.45, 2.75) is 32.9 Å². The third-order valence-corrected chi connectivity index (χ3v) is 6.92. The number of sulfone groups is 1. The number of rotatable bonds is 8. The van der Waals surface area contributed by atoms with Crippen LogP contribution in [0.15, 0.2) is 23.2 Å². The van der Waals surface area contributed by atoms with E-state index in [1.807, 2.05) is 6.92 Å². The zero-order valence-corrected chi connectivity index (χ0v) is 21.6. The molecule has 2 N–H and O–H groups in total. The first-order valence-electron chi connectivity index (χ1n) is 10.7. The molecule has 31 heavy (non-hydrogen) atoms. The van der Waals surface area contributed by atoms with E-state index < -0.39 is 9.84 Å². The molecular weight excluding hydrogens is 531 g/mol. The smallest absolute Gasteiger partial charge is 0.191 e. The number of ether oxygens (including phenoxy) is 2. The van der Waals surface area contributed by atoms with Gasteiger partial charge in [0.1, 0.15) is 11.9 Å². The maximum atomic E-state index is 11.6. The van der Waals surface area contributed by atoms with Crippen LogP contribution in [-0.2, 0) is 21.1 Å². The summed E-state index contributed by atoms with van der Waals surface area (Å²) in [6, 6.07) is 6.21. The van der Waals surface area contributed by atoms with Crippen molar-refractivity contribution < 1.29 is 17.9 Å². The Bertz CT molecular complexity index is 815. The fraction of sp³-hybridized carbons (Fsp3) is 0.667. The maximum Gasteiger partial charge on any atom is 0.191 e. The van der Waals surface area contributed by atoms with Gasteiger partial charge < -0.3 is 20.1 Å². The number of aryl methyl sites for hydroxylation is 1. The molecule has 0 spiro atoms. The lowest BCUT2D eigenvalue weighted by Crippen LogP contribution is -2.45. The molecule has 8 nitrogen and oxygen atoms in total. The van der Waals surface area contributed by atoms with Crippen LogP contribution in [0.2, 0.25) is 0 Å². The molecule has 10 heteroatoms. The number of benzene rings is 1. The number of nitrogens with zero attached hydrogens (tertiary/aromatic N) is 2. The molecular formula is C21H35IN4O4S. The quantitative estimate of drug-likeness (QED) is 0.281. The van der Waals surface area contributed by atoms with E-state index in [2.05, 4.69) is 40.7 Å². The van der Waals surface area contributed by atoms with Crippen LogP contribution in [0.1, 0.15) is 24.5 Å². The molecule has 0 amide bonds. The van der Waals surface area contributed by atoms with Crippen molar-refractivity contribution in [1.82, 2.24) is 15.5 Å². The van der Waals surface area contributed by atoms with Gasteiger partial charge in [0.05, 0.1) is 31.3 Å². The van der Waals surface area contributed by atoms with E-state index in [0.29, 0.717) is 32.8 Å². The topological polar surface area (TPSA) is 92.3 Å². The highest BCUT2D eigenvalue weighted by Crippen LogP contribution is 2.24. The van der Waals surface area contributed by atoms with Crippen molar-refractivity contribution in [3.8, 4) is 5.75 Å². The van der Waals surface area contributed by atoms with Crippen LogP contribution in [-0.4, -0.2) is 82.8 Å². The molecule has 1 atom stereocenters. The number of hydrogen-bond donors (Lipinski definition) is 2. The Balaban J connectivity index is 0.00000341. The molecule has 176 valence electrons. The average Bonchev–Trinajstić information content (AvgIpc) is 3.21. The fourth-order valence-corrected chi connectivity index (χ4v) is 4.78. The number of halogens is 1. The number of aliphatic imine (C=N–C) groups is 1. The Morgan fingerprint density at radius 2 is 2.06 bits per heavy atom. The highest BCUT2D eigenvalue weighted by molar-refractivity contribution is 14.0. The van der Waals surface area contributed by atoms with Crippen molar-refractivity contribution in [2.24, 2.45) is 4.99 Å². The average molecular weight is 567 g/mol. The molecule has 2 aliphatic rings. The van der Waals surface area contributed by atoms with Crippen LogP contribution in [0.25, 0.3) is 0 Å². The monoisotopic (exact) mass is 566 g/mol. The molecule has 0 radical (unpaired) electrons. The van der Waals surface area contributed by atoms with Gasteiger partial charge in [0, 0.05) is 44.7 Å². The number of nitrogens with one attached hydrogen (secondary N) is 2. The minimum absolute atomic E-state index is 0. The molecule has 0 aromatic heterocycles. The van der Waals surface area contributed by atoms with E-state index in [1.165, 1.54) is 0 Å². The van der Waals surface area contributed by atoms with E-state index in [1.54, 1.807) is 0 Å². The lowest BCUT2D eigenvalue weighted by Gasteiger charge is -2.26. The van der Waals surface area contributed by atoms with Gasteiger partial charge in [-0.3, -0.25) is 4.90 Å². The predicted octanol–water partition coefficient (Wildman–Crippen LogP) is 1.57. The first-order valence-corrected chi connectivity index (χ1v) is 12.6. The fourth-order valence-electron chi connectivity index (χ4n) is 3.50. The second-order valence-corrected chi connectivity index (χ2v) is 10.1.